The van der Waals surface area contributed by atoms with Gasteiger partial charge in [0.15, 0.2) is 6.19 Å². The fourth-order valence-electron chi connectivity index (χ4n) is 3.09. The van der Waals surface area contributed by atoms with Crippen molar-refractivity contribution in [1.82, 2.24) is 10.2 Å². The molecule has 1 fully saturated rings. The van der Waals surface area contributed by atoms with Gasteiger partial charge in [0, 0.05) is 18.8 Å². The maximum Gasteiger partial charge on any atom is 0.262 e. The number of hydrogen-bond donors (Lipinski definition) is 2. The Bertz CT molecular complexity index is 954. The Kier molecular flexibility index (Phi) is 5.62. The molecule has 0 aromatic heterocycles. The molecule has 7 nitrogen and oxygen atoms in total. The topological polar surface area (TPSA) is 102 Å². The van der Waals surface area contributed by atoms with Crippen LogP contribution in [0.15, 0.2) is 59.5 Å². The Hall–Kier alpha value is -3.05. The number of para-hydroxylation sites is 1. The van der Waals surface area contributed by atoms with Gasteiger partial charge in [0.25, 0.3) is 15.9 Å². The minimum atomic E-state index is -3.92. The highest BCUT2D eigenvalue weighted by Gasteiger charge is 2.26. The molecule has 0 radical (unpaired) electrons. The van der Waals surface area contributed by atoms with Crippen molar-refractivity contribution in [1.29, 1.82) is 5.26 Å². The number of carbonyl (C=O) groups is 1. The van der Waals surface area contributed by atoms with Crippen molar-refractivity contribution in [2.24, 2.45) is 0 Å². The average Bonchev–Trinajstić information content (AvgIpc) is 3.14. The van der Waals surface area contributed by atoms with E-state index in [1.165, 1.54) is 12.1 Å². The monoisotopic (exact) mass is 384 g/mol. The molecule has 1 aliphatic heterocycles. The molecule has 1 unspecified atom stereocenters. The predicted octanol–water partition coefficient (Wildman–Crippen LogP) is 2.16. The van der Waals surface area contributed by atoms with Crippen LogP contribution in [0.25, 0.3) is 0 Å². The van der Waals surface area contributed by atoms with Gasteiger partial charge in [0.05, 0.1) is 11.6 Å². The van der Waals surface area contributed by atoms with Gasteiger partial charge in [-0.1, -0.05) is 30.3 Å². The van der Waals surface area contributed by atoms with Gasteiger partial charge in [0.2, 0.25) is 0 Å². The van der Waals surface area contributed by atoms with Crippen molar-refractivity contribution < 1.29 is 13.2 Å². The number of amides is 1. The summed E-state index contributed by atoms with van der Waals surface area (Å²) in [4.78, 5) is 14.2. The molecule has 1 atom stereocenters. The van der Waals surface area contributed by atoms with E-state index in [4.69, 9.17) is 5.26 Å². The second-order valence-electron chi connectivity index (χ2n) is 6.27. The molecule has 0 spiro atoms. The van der Waals surface area contributed by atoms with Crippen LogP contribution in [0.3, 0.4) is 0 Å². The number of nitrogens with zero attached hydrogens (tertiary/aromatic N) is 2. The molecule has 140 valence electrons. The number of sulfonamides is 1. The first-order valence-corrected chi connectivity index (χ1v) is 10.1. The first kappa shape index (κ1) is 18.7. The molecule has 1 aliphatic rings. The number of rotatable bonds is 6. The molecule has 0 aliphatic carbocycles. The standard InChI is InChI=1S/C19H20N4O3S/c20-14-23-12-6-9-16(23)13-21-19(24)17-10-4-5-11-18(17)27(25,26)22-15-7-2-1-3-8-15/h1-5,7-8,10-11,16,22H,6,9,12-13H2,(H,21,24). The van der Waals surface area contributed by atoms with Crippen molar-refractivity contribution in [3.8, 4) is 6.19 Å². The fraction of sp³-hybridized carbons (Fsp3) is 0.263. The van der Waals surface area contributed by atoms with Crippen LogP contribution in [-0.2, 0) is 10.0 Å². The van der Waals surface area contributed by atoms with Gasteiger partial charge in [-0.2, -0.15) is 5.26 Å². The molecule has 1 saturated heterocycles. The van der Waals surface area contributed by atoms with Crippen molar-refractivity contribution in [2.45, 2.75) is 23.8 Å². The van der Waals surface area contributed by atoms with Crippen molar-refractivity contribution in [3.05, 3.63) is 60.2 Å². The Balaban J connectivity index is 1.77. The lowest BCUT2D eigenvalue weighted by molar-refractivity contribution is 0.0942. The molecule has 2 N–H and O–H groups in total. The SMILES string of the molecule is N#CN1CCCC1CNC(=O)c1ccccc1S(=O)(=O)Nc1ccccc1. The van der Waals surface area contributed by atoms with Crippen LogP contribution in [0.2, 0.25) is 0 Å². The summed E-state index contributed by atoms with van der Waals surface area (Å²) in [7, 11) is -3.92. The molecule has 0 bridgehead atoms. The summed E-state index contributed by atoms with van der Waals surface area (Å²) in [6.07, 6.45) is 3.84. The number of nitriles is 1. The van der Waals surface area contributed by atoms with Crippen molar-refractivity contribution in [3.63, 3.8) is 0 Å². The van der Waals surface area contributed by atoms with E-state index >= 15 is 0 Å². The summed E-state index contributed by atoms with van der Waals surface area (Å²) in [5.74, 6) is -0.478. The zero-order valence-electron chi connectivity index (χ0n) is 14.6. The number of carbonyl (C=O) groups excluding carboxylic acids is 1. The molecule has 2 aromatic carbocycles. The van der Waals surface area contributed by atoms with Gasteiger partial charge in [0.1, 0.15) is 4.90 Å². The van der Waals surface area contributed by atoms with Crippen LogP contribution >= 0.6 is 0 Å². The van der Waals surface area contributed by atoms with E-state index in [2.05, 4.69) is 16.2 Å². The van der Waals surface area contributed by atoms with E-state index in [9.17, 15) is 13.2 Å². The summed E-state index contributed by atoms with van der Waals surface area (Å²) < 4.78 is 28.0. The van der Waals surface area contributed by atoms with Crippen molar-refractivity contribution in [2.75, 3.05) is 17.8 Å². The molecule has 27 heavy (non-hydrogen) atoms. The second kappa shape index (κ2) is 8.10. The zero-order valence-corrected chi connectivity index (χ0v) is 15.4. The quantitative estimate of drug-likeness (QED) is 0.743. The third kappa shape index (κ3) is 4.38. The summed E-state index contributed by atoms with van der Waals surface area (Å²) in [6, 6.07) is 14.5. The van der Waals surface area contributed by atoms with E-state index in [0.29, 0.717) is 18.8 Å². The van der Waals surface area contributed by atoms with E-state index in [1.807, 2.05) is 0 Å². The number of hydrogen-bond acceptors (Lipinski definition) is 5. The number of nitrogens with one attached hydrogen (secondary N) is 2. The Morgan fingerprint density at radius 3 is 2.59 bits per heavy atom. The van der Waals surface area contributed by atoms with Gasteiger partial charge >= 0.3 is 0 Å². The largest absolute Gasteiger partial charge is 0.350 e. The molecule has 8 heteroatoms. The third-order valence-corrected chi connectivity index (χ3v) is 5.89. The molecule has 0 saturated carbocycles. The van der Waals surface area contributed by atoms with Crippen LogP contribution in [0.1, 0.15) is 23.2 Å². The van der Waals surface area contributed by atoms with Crippen LogP contribution in [-0.4, -0.2) is 38.4 Å². The highest BCUT2D eigenvalue weighted by atomic mass is 32.2. The zero-order chi connectivity index (χ0) is 19.3. The van der Waals surface area contributed by atoms with Gasteiger partial charge in [-0.25, -0.2) is 8.42 Å². The number of anilines is 1. The molecule has 3 rings (SSSR count). The van der Waals surface area contributed by atoms with Gasteiger partial charge < -0.3 is 10.2 Å². The Morgan fingerprint density at radius 1 is 1.15 bits per heavy atom. The first-order valence-electron chi connectivity index (χ1n) is 8.63. The summed E-state index contributed by atoms with van der Waals surface area (Å²) in [5.41, 5.74) is 0.491. The normalized spacial score (nSPS) is 16.6. The van der Waals surface area contributed by atoms with Gasteiger partial charge in [-0.15, -0.1) is 0 Å². The number of benzene rings is 2. The lowest BCUT2D eigenvalue weighted by atomic mass is 10.2. The summed E-state index contributed by atoms with van der Waals surface area (Å²) in [6.45, 7) is 0.982. The molecule has 1 heterocycles. The smallest absolute Gasteiger partial charge is 0.262 e. The highest BCUT2D eigenvalue weighted by molar-refractivity contribution is 7.92. The maximum absolute atomic E-state index is 12.7. The minimum absolute atomic E-state index is 0.0508. The lowest BCUT2D eigenvalue weighted by Crippen LogP contribution is -2.38. The van der Waals surface area contributed by atoms with Gasteiger partial charge in [-0.05, 0) is 37.1 Å². The van der Waals surface area contributed by atoms with Crippen LogP contribution < -0.4 is 10.0 Å². The predicted molar refractivity (Wildman–Crippen MR) is 101 cm³/mol. The minimum Gasteiger partial charge on any atom is -0.350 e. The van der Waals surface area contributed by atoms with Crippen LogP contribution in [0.4, 0.5) is 5.69 Å². The highest BCUT2D eigenvalue weighted by Crippen LogP contribution is 2.20. The Morgan fingerprint density at radius 2 is 1.85 bits per heavy atom. The van der Waals surface area contributed by atoms with E-state index in [1.54, 1.807) is 47.4 Å². The van der Waals surface area contributed by atoms with Gasteiger partial charge in [-0.3, -0.25) is 9.52 Å². The summed E-state index contributed by atoms with van der Waals surface area (Å²) in [5, 5.41) is 11.8. The van der Waals surface area contributed by atoms with E-state index < -0.39 is 15.9 Å². The Labute approximate surface area is 158 Å². The van der Waals surface area contributed by atoms with E-state index in [0.717, 1.165) is 12.8 Å². The summed E-state index contributed by atoms with van der Waals surface area (Å²) >= 11 is 0. The van der Waals surface area contributed by atoms with Crippen molar-refractivity contribution >= 4 is 21.6 Å². The maximum atomic E-state index is 12.7. The van der Waals surface area contributed by atoms with Crippen LogP contribution in [0, 0.1) is 11.5 Å². The second-order valence-corrected chi connectivity index (χ2v) is 7.92. The van der Waals surface area contributed by atoms with Crippen LogP contribution in [0.5, 0.6) is 0 Å². The fourth-order valence-corrected chi connectivity index (χ4v) is 4.35. The molecule has 2 aromatic rings. The number of likely N-dealkylation sites (tertiary alicyclic amines) is 1. The van der Waals surface area contributed by atoms with E-state index in [-0.39, 0.29) is 16.5 Å². The molecular formula is C19H20N4O3S. The molecular weight excluding hydrogens is 364 g/mol. The average molecular weight is 384 g/mol. The third-order valence-electron chi connectivity index (χ3n) is 4.45. The lowest BCUT2D eigenvalue weighted by Gasteiger charge is -2.19. The first-order chi connectivity index (χ1) is 13.0. The molecule has 1 amide bonds.